The van der Waals surface area contributed by atoms with Gasteiger partial charge in [0, 0.05) is 66.5 Å². The molecule has 0 saturated carbocycles. The maximum absolute atomic E-state index is 9.44. The second-order valence-corrected chi connectivity index (χ2v) is 21.2. The highest BCUT2D eigenvalue weighted by Crippen LogP contribution is 2.50. The minimum absolute atomic E-state index is 0.0613. The number of nitrogens with zero attached hydrogens (tertiary/aromatic N) is 4. The SMILES string of the molecule is [2H]c1c([2H])c([2H])c(-c2ccccc2N2c3cc(-c4ccccc4-n4c5ccccc5c5ccccc54)ccc3B3c4ccc(-c5ccccc5-n5c6ccccc6c6ccccc65)cc4N(c4ccccc4-c4c([2H])c([2H])c([2H])c([2H])c4[2H])c4cccc2c43)c([2H])c1[2H]. The fourth-order valence-electron chi connectivity index (χ4n) is 13.5. The molecule has 13 aromatic carbocycles. The summed E-state index contributed by atoms with van der Waals surface area (Å²) in [6, 6.07) is 81.1. The highest BCUT2D eigenvalue weighted by Gasteiger charge is 2.44. The Morgan fingerprint density at radius 1 is 0.253 bits per heavy atom. The van der Waals surface area contributed by atoms with Crippen LogP contribution in [0.2, 0.25) is 0 Å². The van der Waals surface area contributed by atoms with Gasteiger partial charge in [-0.05, 0) is 111 Å². The second-order valence-electron chi connectivity index (χ2n) is 21.2. The van der Waals surface area contributed by atoms with E-state index in [0.717, 1.165) is 116 Å². The van der Waals surface area contributed by atoms with Gasteiger partial charge < -0.3 is 18.9 Å². The number of hydrogen-bond donors (Lipinski definition) is 0. The first-order valence-electron chi connectivity index (χ1n) is 32.9. The van der Waals surface area contributed by atoms with Gasteiger partial charge in [0.05, 0.1) is 58.5 Å². The van der Waals surface area contributed by atoms with Crippen molar-refractivity contribution in [2.24, 2.45) is 0 Å². The fraction of sp³-hybridized carbons (Fsp3) is 0. The molecule has 0 atom stereocenters. The average molecular weight is 1070 g/mol. The third kappa shape index (κ3) is 7.21. The summed E-state index contributed by atoms with van der Waals surface area (Å²) in [5, 5.41) is 4.54. The van der Waals surface area contributed by atoms with Crippen LogP contribution in [0.3, 0.4) is 0 Å². The fourth-order valence-corrected chi connectivity index (χ4v) is 13.5. The number of benzene rings is 13. The van der Waals surface area contributed by atoms with Crippen molar-refractivity contribution in [3.05, 3.63) is 309 Å². The minimum atomic E-state index is -0.484. The molecule has 0 saturated heterocycles. The molecule has 386 valence electrons. The van der Waals surface area contributed by atoms with E-state index in [2.05, 4.69) is 213 Å². The van der Waals surface area contributed by atoms with Gasteiger partial charge in [0.2, 0.25) is 0 Å². The Morgan fingerprint density at radius 3 is 0.952 bits per heavy atom. The van der Waals surface area contributed by atoms with Crippen LogP contribution in [0, 0.1) is 0 Å². The Kier molecular flexibility index (Phi) is 8.62. The zero-order valence-electron chi connectivity index (χ0n) is 54.5. The van der Waals surface area contributed by atoms with Crippen LogP contribution in [0.5, 0.6) is 0 Å². The molecule has 2 aliphatic heterocycles. The molecule has 0 spiro atoms. The van der Waals surface area contributed by atoms with Gasteiger partial charge in [-0.2, -0.15) is 0 Å². The number of rotatable bonds is 8. The standard InChI is InChI=1S/C78H51BN4/c1-3-24-52(25-4-1)56-28-7-15-36-66(56)82-74-44-23-45-75-78(74)79(64-48-46-54(50-76(64)82)58-30-9-17-38-68(58)80-70-40-19-11-32-60(70)61-33-12-20-41-71(61)80)65-49-47-55(51-77(65)83(75)67-37-16-8-29-57(67)53-26-5-2-6-27-53)59-31-10-18-39-69(59)81-72-42-21-13-34-62(72)63-35-14-22-43-73(63)81/h1-51H/i1D,2D,3D,4D,5D,6D,24D,25D,26D,27D. The van der Waals surface area contributed by atoms with Crippen LogP contribution >= 0.6 is 0 Å². The monoisotopic (exact) mass is 1060 g/mol. The van der Waals surface area contributed by atoms with Crippen molar-refractivity contribution >= 4 is 101 Å². The van der Waals surface area contributed by atoms with Crippen molar-refractivity contribution in [1.82, 2.24) is 9.13 Å². The van der Waals surface area contributed by atoms with Crippen molar-refractivity contribution in [2.45, 2.75) is 0 Å². The normalized spacial score (nSPS) is 14.2. The van der Waals surface area contributed by atoms with Crippen LogP contribution in [-0.4, -0.2) is 15.8 Å². The van der Waals surface area contributed by atoms with Crippen molar-refractivity contribution in [1.29, 1.82) is 0 Å². The lowest BCUT2D eigenvalue weighted by Gasteiger charge is -2.45. The summed E-state index contributed by atoms with van der Waals surface area (Å²) in [6.45, 7) is -0.460. The molecule has 5 heteroatoms. The molecule has 2 aliphatic rings. The molecular formula is C78H51BN4. The van der Waals surface area contributed by atoms with E-state index in [4.69, 9.17) is 8.22 Å². The lowest BCUT2D eigenvalue weighted by atomic mass is 9.33. The zero-order chi connectivity index (χ0) is 63.2. The third-order valence-corrected chi connectivity index (χ3v) is 16.9. The number of para-hydroxylation sites is 8. The molecule has 0 unspecified atom stereocenters. The lowest BCUT2D eigenvalue weighted by molar-refractivity contribution is 1.18. The van der Waals surface area contributed by atoms with Gasteiger partial charge in [-0.15, -0.1) is 0 Å². The number of anilines is 6. The second kappa shape index (κ2) is 18.9. The van der Waals surface area contributed by atoms with Gasteiger partial charge in [0.15, 0.2) is 0 Å². The first-order chi connectivity index (χ1) is 45.4. The molecular weight excluding hydrogens is 1000 g/mol. The summed E-state index contributed by atoms with van der Waals surface area (Å²) < 4.78 is 95.5. The van der Waals surface area contributed by atoms with E-state index in [1.54, 1.807) is 0 Å². The number of aromatic nitrogens is 2. The summed E-state index contributed by atoms with van der Waals surface area (Å²) in [5.74, 6) is 0. The predicted molar refractivity (Wildman–Crippen MR) is 351 cm³/mol. The molecule has 4 heterocycles. The van der Waals surface area contributed by atoms with Crippen LogP contribution in [0.15, 0.2) is 309 Å². The summed E-state index contributed by atoms with van der Waals surface area (Å²) in [5.41, 5.74) is 18.0. The molecule has 0 fully saturated rings. The first-order valence-corrected chi connectivity index (χ1v) is 27.9. The highest BCUT2D eigenvalue weighted by atomic mass is 15.2. The van der Waals surface area contributed by atoms with E-state index < -0.39 is 43.0 Å². The molecule has 4 nitrogen and oxygen atoms in total. The quantitative estimate of drug-likeness (QED) is 0.141. The van der Waals surface area contributed by atoms with Crippen molar-refractivity contribution < 1.29 is 13.7 Å². The van der Waals surface area contributed by atoms with E-state index in [1.807, 2.05) is 54.6 Å². The summed E-state index contributed by atoms with van der Waals surface area (Å²) in [6.07, 6.45) is 0. The van der Waals surface area contributed by atoms with Crippen molar-refractivity contribution in [2.75, 3.05) is 9.80 Å². The minimum Gasteiger partial charge on any atom is -0.311 e. The molecule has 0 aliphatic carbocycles. The maximum atomic E-state index is 9.44. The number of hydrogen-bond acceptors (Lipinski definition) is 2. The van der Waals surface area contributed by atoms with Crippen LogP contribution < -0.4 is 26.2 Å². The van der Waals surface area contributed by atoms with E-state index in [-0.39, 0.29) is 35.3 Å². The summed E-state index contributed by atoms with van der Waals surface area (Å²) in [4.78, 5) is 4.35. The molecule has 83 heavy (non-hydrogen) atoms. The van der Waals surface area contributed by atoms with Crippen LogP contribution in [0.1, 0.15) is 13.7 Å². The van der Waals surface area contributed by atoms with Gasteiger partial charge in [-0.25, -0.2) is 0 Å². The van der Waals surface area contributed by atoms with Crippen molar-refractivity contribution in [3.63, 3.8) is 0 Å². The topological polar surface area (TPSA) is 16.3 Å². The Labute approximate surface area is 496 Å². The summed E-state index contributed by atoms with van der Waals surface area (Å²) in [7, 11) is 0. The number of fused-ring (bicyclic) bond motifs is 10. The van der Waals surface area contributed by atoms with Crippen molar-refractivity contribution in [3.8, 4) is 55.9 Å². The molecule has 0 amide bonds. The first kappa shape index (κ1) is 37.9. The van der Waals surface area contributed by atoms with E-state index >= 15 is 0 Å². The molecule has 15 aromatic rings. The Morgan fingerprint density at radius 2 is 0.566 bits per heavy atom. The summed E-state index contributed by atoms with van der Waals surface area (Å²) >= 11 is 0. The molecule has 0 N–H and O–H groups in total. The van der Waals surface area contributed by atoms with E-state index in [1.165, 1.54) is 0 Å². The Hall–Kier alpha value is -10.9. The van der Waals surface area contributed by atoms with Gasteiger partial charge in [0.25, 0.3) is 6.71 Å². The van der Waals surface area contributed by atoms with Crippen LogP contribution in [-0.2, 0) is 0 Å². The maximum Gasteiger partial charge on any atom is 0.252 e. The molecule has 2 aromatic heterocycles. The lowest BCUT2D eigenvalue weighted by Crippen LogP contribution is -2.61. The largest absolute Gasteiger partial charge is 0.311 e. The van der Waals surface area contributed by atoms with E-state index in [0.29, 0.717) is 22.5 Å². The third-order valence-electron chi connectivity index (χ3n) is 16.9. The molecule has 17 rings (SSSR count). The highest BCUT2D eigenvalue weighted by molar-refractivity contribution is 7.00. The van der Waals surface area contributed by atoms with Crippen LogP contribution in [0.4, 0.5) is 34.1 Å². The molecule has 0 radical (unpaired) electrons. The average Bonchev–Trinajstić information content (AvgIpc) is 1.48. The zero-order valence-corrected chi connectivity index (χ0v) is 44.5. The van der Waals surface area contributed by atoms with Gasteiger partial charge in [-0.3, -0.25) is 0 Å². The van der Waals surface area contributed by atoms with Crippen LogP contribution in [0.25, 0.3) is 99.5 Å². The van der Waals surface area contributed by atoms with Gasteiger partial charge >= 0.3 is 0 Å². The Balaban J connectivity index is 0.961. The Bertz CT molecular complexity index is 5210. The predicted octanol–water partition coefficient (Wildman–Crippen LogP) is 18.6. The van der Waals surface area contributed by atoms with Gasteiger partial charge in [-0.1, -0.05) is 236 Å². The van der Waals surface area contributed by atoms with Gasteiger partial charge in [0.1, 0.15) is 0 Å². The van der Waals surface area contributed by atoms with E-state index in [9.17, 15) is 5.48 Å². The molecule has 0 bridgehead atoms. The smallest absolute Gasteiger partial charge is 0.252 e.